The van der Waals surface area contributed by atoms with Crippen LogP contribution in [0.5, 0.6) is 0 Å². The highest BCUT2D eigenvalue weighted by atomic mass is 32.1. The molecule has 0 bridgehead atoms. The zero-order valence-electron chi connectivity index (χ0n) is 10.6. The first-order valence-corrected chi connectivity index (χ1v) is 6.55. The molecular formula is C14H12N4S. The van der Waals surface area contributed by atoms with Crippen LogP contribution in [-0.2, 0) is 0 Å². The van der Waals surface area contributed by atoms with Crippen molar-refractivity contribution in [3.8, 4) is 12.1 Å². The van der Waals surface area contributed by atoms with Crippen molar-refractivity contribution in [2.75, 3.05) is 5.73 Å². The largest absolute Gasteiger partial charge is 0.375 e. The van der Waals surface area contributed by atoms with Crippen LogP contribution in [0.2, 0.25) is 0 Å². The summed E-state index contributed by atoms with van der Waals surface area (Å²) in [7, 11) is 0. The zero-order valence-corrected chi connectivity index (χ0v) is 11.5. The van der Waals surface area contributed by atoms with Crippen LogP contribution in [-0.4, -0.2) is 4.98 Å². The number of hydrogen-bond donors (Lipinski definition) is 1. The second kappa shape index (κ2) is 5.09. The number of thiazole rings is 1. The summed E-state index contributed by atoms with van der Waals surface area (Å²) in [5, 5.41) is 18.5. The summed E-state index contributed by atoms with van der Waals surface area (Å²) < 4.78 is 0. The Morgan fingerprint density at radius 3 is 2.47 bits per heavy atom. The molecule has 1 aromatic heterocycles. The van der Waals surface area contributed by atoms with Gasteiger partial charge in [0.1, 0.15) is 12.1 Å². The molecule has 19 heavy (non-hydrogen) atoms. The normalized spacial score (nSPS) is 11.6. The minimum Gasteiger partial charge on any atom is -0.375 e. The topological polar surface area (TPSA) is 86.5 Å². The molecule has 0 saturated carbocycles. The van der Waals surface area contributed by atoms with E-state index in [1.54, 1.807) is 12.1 Å². The van der Waals surface area contributed by atoms with E-state index in [4.69, 9.17) is 16.3 Å². The molecule has 0 spiro atoms. The van der Waals surface area contributed by atoms with Crippen molar-refractivity contribution in [1.29, 1.82) is 10.5 Å². The van der Waals surface area contributed by atoms with Crippen molar-refractivity contribution >= 4 is 16.5 Å². The van der Waals surface area contributed by atoms with Gasteiger partial charge in [-0.3, -0.25) is 0 Å². The summed E-state index contributed by atoms with van der Waals surface area (Å²) in [4.78, 5) is 5.30. The minimum atomic E-state index is 0.106. The molecule has 2 N–H and O–H groups in total. The lowest BCUT2D eigenvalue weighted by atomic mass is 9.95. The number of nitriles is 2. The quantitative estimate of drug-likeness (QED) is 0.907. The van der Waals surface area contributed by atoms with E-state index in [-0.39, 0.29) is 5.92 Å². The van der Waals surface area contributed by atoms with Gasteiger partial charge in [-0.2, -0.15) is 10.5 Å². The molecule has 0 aliphatic rings. The zero-order chi connectivity index (χ0) is 14.0. The smallest absolute Gasteiger partial charge is 0.180 e. The molecule has 94 valence electrons. The van der Waals surface area contributed by atoms with Crippen molar-refractivity contribution in [3.05, 3.63) is 45.5 Å². The molecule has 0 aliphatic carbocycles. The van der Waals surface area contributed by atoms with E-state index in [0.29, 0.717) is 16.3 Å². The number of rotatable bonds is 2. The van der Waals surface area contributed by atoms with Gasteiger partial charge in [-0.05, 0) is 24.6 Å². The Labute approximate surface area is 115 Å². The SMILES string of the molecule is Cc1nc(N)sc1C(C)c1ccc(C#N)c(C#N)c1. The van der Waals surface area contributed by atoms with Crippen molar-refractivity contribution in [2.24, 2.45) is 0 Å². The molecule has 4 nitrogen and oxygen atoms in total. The molecule has 2 aromatic rings. The number of nitrogens with two attached hydrogens (primary N) is 1. The number of aryl methyl sites for hydroxylation is 1. The predicted octanol–water partition coefficient (Wildman–Crippen LogP) is 2.93. The van der Waals surface area contributed by atoms with Gasteiger partial charge in [0, 0.05) is 10.8 Å². The van der Waals surface area contributed by atoms with Crippen molar-refractivity contribution in [3.63, 3.8) is 0 Å². The van der Waals surface area contributed by atoms with Crippen LogP contribution in [0, 0.1) is 29.6 Å². The first kappa shape index (κ1) is 13.1. The fourth-order valence-electron chi connectivity index (χ4n) is 2.00. The van der Waals surface area contributed by atoms with Gasteiger partial charge in [0.2, 0.25) is 0 Å². The van der Waals surface area contributed by atoms with E-state index < -0.39 is 0 Å². The highest BCUT2D eigenvalue weighted by Gasteiger charge is 2.16. The second-order valence-electron chi connectivity index (χ2n) is 4.25. The van der Waals surface area contributed by atoms with Gasteiger partial charge in [0.15, 0.2) is 5.13 Å². The van der Waals surface area contributed by atoms with Crippen LogP contribution in [0.1, 0.15) is 40.1 Å². The Kier molecular flexibility index (Phi) is 3.50. The van der Waals surface area contributed by atoms with E-state index in [1.165, 1.54) is 11.3 Å². The van der Waals surface area contributed by atoms with Crippen LogP contribution in [0.4, 0.5) is 5.13 Å². The number of anilines is 1. The predicted molar refractivity (Wildman–Crippen MR) is 74.7 cm³/mol. The lowest BCUT2D eigenvalue weighted by Gasteiger charge is -2.11. The van der Waals surface area contributed by atoms with E-state index in [0.717, 1.165) is 16.1 Å². The Hall–Kier alpha value is -2.37. The highest BCUT2D eigenvalue weighted by Crippen LogP contribution is 2.33. The van der Waals surface area contributed by atoms with E-state index in [9.17, 15) is 0 Å². The fraction of sp³-hybridized carbons (Fsp3) is 0.214. The van der Waals surface area contributed by atoms with Crippen LogP contribution < -0.4 is 5.73 Å². The van der Waals surface area contributed by atoms with E-state index in [1.807, 2.05) is 26.0 Å². The lowest BCUT2D eigenvalue weighted by Crippen LogP contribution is -1.97. The van der Waals surface area contributed by atoms with Gasteiger partial charge in [-0.25, -0.2) is 4.98 Å². The monoisotopic (exact) mass is 268 g/mol. The standard InChI is InChI=1S/C14H12N4S/c1-8(13-9(2)18-14(17)19-13)10-3-4-11(6-15)12(5-10)7-16/h3-5,8H,1-2H3,(H2,17,18). The Morgan fingerprint density at radius 1 is 1.26 bits per heavy atom. The minimum absolute atomic E-state index is 0.106. The van der Waals surface area contributed by atoms with Gasteiger partial charge in [-0.15, -0.1) is 11.3 Å². The molecule has 0 saturated heterocycles. The average molecular weight is 268 g/mol. The van der Waals surface area contributed by atoms with Gasteiger partial charge in [0.05, 0.1) is 16.8 Å². The maximum absolute atomic E-state index is 9.05. The number of aromatic nitrogens is 1. The summed E-state index contributed by atoms with van der Waals surface area (Å²) >= 11 is 1.46. The van der Waals surface area contributed by atoms with Crippen LogP contribution in [0.15, 0.2) is 18.2 Å². The molecule has 5 heteroatoms. The third-order valence-electron chi connectivity index (χ3n) is 3.03. The first-order valence-electron chi connectivity index (χ1n) is 5.73. The highest BCUT2D eigenvalue weighted by molar-refractivity contribution is 7.15. The number of nitrogen functional groups attached to an aromatic ring is 1. The molecule has 1 heterocycles. The molecule has 2 rings (SSSR count). The summed E-state index contributed by atoms with van der Waals surface area (Å²) in [5.41, 5.74) is 8.42. The van der Waals surface area contributed by atoms with Crippen molar-refractivity contribution < 1.29 is 0 Å². The third-order valence-corrected chi connectivity index (χ3v) is 4.20. The number of hydrogen-bond acceptors (Lipinski definition) is 5. The summed E-state index contributed by atoms with van der Waals surface area (Å²) in [6, 6.07) is 9.39. The molecular weight excluding hydrogens is 256 g/mol. The fourth-order valence-corrected chi connectivity index (χ4v) is 2.92. The molecule has 1 aromatic carbocycles. The number of nitrogens with zero attached hydrogens (tertiary/aromatic N) is 3. The lowest BCUT2D eigenvalue weighted by molar-refractivity contribution is 0.925. The summed E-state index contributed by atoms with van der Waals surface area (Å²) in [5.74, 6) is 0.106. The Morgan fingerprint density at radius 2 is 1.95 bits per heavy atom. The maximum atomic E-state index is 9.05. The molecule has 1 atom stereocenters. The molecule has 0 radical (unpaired) electrons. The van der Waals surface area contributed by atoms with Crippen LogP contribution in [0.3, 0.4) is 0 Å². The summed E-state index contributed by atoms with van der Waals surface area (Å²) in [6.07, 6.45) is 0. The van der Waals surface area contributed by atoms with Crippen molar-refractivity contribution in [1.82, 2.24) is 4.98 Å². The van der Waals surface area contributed by atoms with Gasteiger partial charge >= 0.3 is 0 Å². The molecule has 0 fully saturated rings. The summed E-state index contributed by atoms with van der Waals surface area (Å²) in [6.45, 7) is 3.97. The maximum Gasteiger partial charge on any atom is 0.180 e. The Bertz CT molecular complexity index is 703. The van der Waals surface area contributed by atoms with Gasteiger partial charge in [-0.1, -0.05) is 13.0 Å². The number of benzene rings is 1. The van der Waals surface area contributed by atoms with E-state index in [2.05, 4.69) is 11.1 Å². The average Bonchev–Trinajstić information content (AvgIpc) is 2.76. The first-order chi connectivity index (χ1) is 9.06. The molecule has 0 amide bonds. The van der Waals surface area contributed by atoms with Crippen LogP contribution >= 0.6 is 11.3 Å². The van der Waals surface area contributed by atoms with Gasteiger partial charge in [0.25, 0.3) is 0 Å². The van der Waals surface area contributed by atoms with Crippen molar-refractivity contribution in [2.45, 2.75) is 19.8 Å². The third kappa shape index (κ3) is 2.42. The van der Waals surface area contributed by atoms with Gasteiger partial charge < -0.3 is 5.73 Å². The van der Waals surface area contributed by atoms with E-state index >= 15 is 0 Å². The second-order valence-corrected chi connectivity index (χ2v) is 5.31. The van der Waals surface area contributed by atoms with Crippen LogP contribution in [0.25, 0.3) is 0 Å². The Balaban J connectivity index is 2.46. The molecule has 0 aliphatic heterocycles. The molecule has 1 unspecified atom stereocenters.